The van der Waals surface area contributed by atoms with Gasteiger partial charge < -0.3 is 14.4 Å². The molecule has 0 N–H and O–H groups in total. The first-order valence-electron chi connectivity index (χ1n) is 20.2. The molecule has 43 heavy (non-hydrogen) atoms. The Balaban J connectivity index is 0.000000229. The second-order valence-corrected chi connectivity index (χ2v) is 10.9. The predicted octanol–water partition coefficient (Wildman–Crippen LogP) is 9.80. The molecular formula is C38H35IrN3O-2. The van der Waals surface area contributed by atoms with E-state index < -0.39 is 39.2 Å². The van der Waals surface area contributed by atoms with Crippen LogP contribution in [0.3, 0.4) is 0 Å². The van der Waals surface area contributed by atoms with Gasteiger partial charge in [0.1, 0.15) is 5.58 Å². The number of hydrogen-bond donors (Lipinski definition) is 0. The summed E-state index contributed by atoms with van der Waals surface area (Å²) < 4.78 is 114. The van der Waals surface area contributed by atoms with Crippen LogP contribution in [0.15, 0.2) is 77.5 Å². The van der Waals surface area contributed by atoms with Crippen LogP contribution in [0.2, 0.25) is 0 Å². The molecule has 0 spiro atoms. The average Bonchev–Trinajstić information content (AvgIpc) is 3.48. The summed E-state index contributed by atoms with van der Waals surface area (Å²) in [5, 5.41) is 1.96. The minimum atomic E-state index is -2.65. The Morgan fingerprint density at radius 3 is 2.37 bits per heavy atom. The first kappa shape index (κ1) is 17.4. The van der Waals surface area contributed by atoms with Crippen LogP contribution in [0.25, 0.3) is 55.4 Å². The molecule has 7 rings (SSSR count). The standard InChI is InChI=1S/C21H15N2O.C17H20N.Ir/c1-11-8-17(22-10-12(11)2)14-5-7-18-20-15(14)4-6-16-21(20)19(24-18)9-13(3)23-16;1-13-5-8-15(9-6-13)16-10-7-14(12-18-16)11-17(2,3)4;/h4,6-10H,1-3H3;5-8,10,12H,11H2,1-4H3;/q2*-1;/i1D3,2D3,3D3;1D3,11D2;. The molecule has 4 aromatic heterocycles. The summed E-state index contributed by atoms with van der Waals surface area (Å²) in [6.45, 7) is -4.26. The minimum absolute atomic E-state index is 0. The zero-order valence-electron chi connectivity index (χ0n) is 37.5. The van der Waals surface area contributed by atoms with Crippen molar-refractivity contribution in [2.45, 2.75) is 54.6 Å². The van der Waals surface area contributed by atoms with Crippen LogP contribution in [0.1, 0.15) is 67.9 Å². The Morgan fingerprint density at radius 1 is 0.814 bits per heavy atom. The Morgan fingerprint density at radius 2 is 1.67 bits per heavy atom. The van der Waals surface area contributed by atoms with E-state index in [-0.39, 0.29) is 48.2 Å². The minimum Gasteiger partial charge on any atom is -0.500 e. The average molecular weight is 756 g/mol. The number of benzene rings is 3. The quantitative estimate of drug-likeness (QED) is 0.133. The van der Waals surface area contributed by atoms with Crippen molar-refractivity contribution in [3.63, 3.8) is 0 Å². The van der Waals surface area contributed by atoms with Crippen LogP contribution in [0.5, 0.6) is 0 Å². The van der Waals surface area contributed by atoms with Gasteiger partial charge in [-0.05, 0) is 66.3 Å². The molecule has 0 saturated heterocycles. The van der Waals surface area contributed by atoms with E-state index >= 15 is 0 Å². The van der Waals surface area contributed by atoms with Crippen LogP contribution in [-0.2, 0) is 26.5 Å². The molecule has 0 fully saturated rings. The maximum absolute atomic E-state index is 8.25. The van der Waals surface area contributed by atoms with Gasteiger partial charge in [-0.1, -0.05) is 62.8 Å². The molecule has 4 heterocycles. The van der Waals surface area contributed by atoms with E-state index in [1.54, 1.807) is 42.5 Å². The fraction of sp³-hybridized carbons (Fsp3) is 0.237. The van der Waals surface area contributed by atoms with Gasteiger partial charge in [0.15, 0.2) is 0 Å². The van der Waals surface area contributed by atoms with Crippen molar-refractivity contribution in [3.05, 3.63) is 113 Å². The zero-order valence-corrected chi connectivity index (χ0v) is 25.9. The van der Waals surface area contributed by atoms with E-state index in [1.807, 2.05) is 20.8 Å². The van der Waals surface area contributed by atoms with Gasteiger partial charge in [-0.15, -0.1) is 53.1 Å². The van der Waals surface area contributed by atoms with Crippen LogP contribution in [0, 0.1) is 45.0 Å². The Labute approximate surface area is 287 Å². The third kappa shape index (κ3) is 6.39. The first-order valence-corrected chi connectivity index (χ1v) is 13.2. The van der Waals surface area contributed by atoms with Crippen LogP contribution < -0.4 is 0 Å². The molecule has 0 aliphatic rings. The Kier molecular flexibility index (Phi) is 4.85. The predicted molar refractivity (Wildman–Crippen MR) is 173 cm³/mol. The number of furan rings is 1. The molecule has 0 saturated carbocycles. The van der Waals surface area contributed by atoms with Gasteiger partial charge >= 0.3 is 0 Å². The summed E-state index contributed by atoms with van der Waals surface area (Å²) in [6, 6.07) is 21.7. The summed E-state index contributed by atoms with van der Waals surface area (Å²) in [5.74, 6) is 0. The molecule has 0 atom stereocenters. The molecule has 0 aliphatic heterocycles. The van der Waals surface area contributed by atoms with E-state index in [0.29, 0.717) is 55.2 Å². The van der Waals surface area contributed by atoms with Crippen molar-refractivity contribution in [2.24, 2.45) is 5.41 Å². The van der Waals surface area contributed by atoms with Crippen LogP contribution >= 0.6 is 0 Å². The van der Waals surface area contributed by atoms with Crippen molar-refractivity contribution >= 4 is 32.8 Å². The normalized spacial score (nSPS) is 17.8. The Bertz CT molecular complexity index is 2530. The van der Waals surface area contributed by atoms with Gasteiger partial charge in [0.05, 0.1) is 11.1 Å². The van der Waals surface area contributed by atoms with E-state index in [1.165, 1.54) is 24.4 Å². The van der Waals surface area contributed by atoms with Crippen molar-refractivity contribution in [1.29, 1.82) is 0 Å². The van der Waals surface area contributed by atoms with Crippen molar-refractivity contribution in [3.8, 4) is 22.5 Å². The molecular weight excluding hydrogens is 707 g/mol. The molecule has 0 aliphatic carbocycles. The van der Waals surface area contributed by atoms with Gasteiger partial charge in [0.2, 0.25) is 0 Å². The molecule has 1 radical (unpaired) electrons. The van der Waals surface area contributed by atoms with E-state index in [4.69, 9.17) is 23.6 Å². The largest absolute Gasteiger partial charge is 0.500 e. The maximum atomic E-state index is 8.25. The van der Waals surface area contributed by atoms with E-state index in [0.717, 1.165) is 6.20 Å². The van der Waals surface area contributed by atoms with Gasteiger partial charge in [-0.3, -0.25) is 4.98 Å². The van der Waals surface area contributed by atoms with Crippen molar-refractivity contribution in [1.82, 2.24) is 15.0 Å². The molecule has 219 valence electrons. The second-order valence-electron chi connectivity index (χ2n) is 10.9. The zero-order chi connectivity index (χ0) is 41.4. The third-order valence-corrected chi connectivity index (χ3v) is 6.55. The van der Waals surface area contributed by atoms with E-state index in [9.17, 15) is 0 Å². The fourth-order valence-corrected chi connectivity index (χ4v) is 4.77. The Hall–Kier alpha value is -3.92. The molecule has 3 aromatic carbocycles. The smallest absolute Gasteiger partial charge is 0.124 e. The molecule has 0 amide bonds. The number of aryl methyl sites for hydroxylation is 4. The summed E-state index contributed by atoms with van der Waals surface area (Å²) in [4.78, 5) is 12.8. The maximum Gasteiger partial charge on any atom is 0.124 e. The second kappa shape index (κ2) is 12.0. The van der Waals surface area contributed by atoms with Gasteiger partial charge in [0, 0.05) is 68.8 Å². The fourth-order valence-electron chi connectivity index (χ4n) is 4.77. The topological polar surface area (TPSA) is 51.8 Å². The van der Waals surface area contributed by atoms with Gasteiger partial charge in [-0.2, -0.15) is 0 Å². The summed E-state index contributed by atoms with van der Waals surface area (Å²) in [7, 11) is 0. The molecule has 0 bridgehead atoms. The van der Waals surface area contributed by atoms with Crippen molar-refractivity contribution < 1.29 is 43.7 Å². The number of hydrogen-bond acceptors (Lipinski definition) is 4. The molecule has 0 unspecified atom stereocenters. The number of pyridine rings is 3. The first-order chi connectivity index (χ1) is 25.7. The number of nitrogens with zero attached hydrogens (tertiary/aromatic N) is 3. The van der Waals surface area contributed by atoms with E-state index in [2.05, 4.69) is 27.1 Å². The molecule has 4 nitrogen and oxygen atoms in total. The van der Waals surface area contributed by atoms with Crippen LogP contribution in [0.4, 0.5) is 0 Å². The monoisotopic (exact) mass is 756 g/mol. The molecule has 5 heteroatoms. The van der Waals surface area contributed by atoms with Crippen LogP contribution in [-0.4, -0.2) is 15.0 Å². The SMILES string of the molecule is [2H]C([2H])([2H])c1c[c-]c(-c2ccc(C([2H])([2H])C(C)(C)C)cn2)cc1.[2H]C([2H])([2H])c1cc2oc3c[c-]c(-c4cc(C([2H])([2H])[2H])c(C([2H])([2H])[2H])cn4)c4ccc(n1)c2c34.[Ir]. The number of aromatic nitrogens is 3. The third-order valence-electron chi connectivity index (χ3n) is 6.55. The summed E-state index contributed by atoms with van der Waals surface area (Å²) in [5.41, 5.74) is 2.84. The number of rotatable bonds is 3. The summed E-state index contributed by atoms with van der Waals surface area (Å²) >= 11 is 0. The van der Waals surface area contributed by atoms with Crippen molar-refractivity contribution in [2.75, 3.05) is 0 Å². The van der Waals surface area contributed by atoms with Gasteiger partial charge in [0.25, 0.3) is 0 Å². The van der Waals surface area contributed by atoms with Gasteiger partial charge in [-0.25, -0.2) is 0 Å². The summed E-state index contributed by atoms with van der Waals surface area (Å²) in [6.07, 6.45) is 1.11. The molecule has 7 aromatic rings.